The number of ether oxygens (including phenoxy) is 8. The molecule has 330 valence electrons. The van der Waals surface area contributed by atoms with E-state index in [2.05, 4.69) is 5.43 Å². The van der Waals surface area contributed by atoms with Crippen molar-refractivity contribution in [3.63, 3.8) is 0 Å². The van der Waals surface area contributed by atoms with Crippen molar-refractivity contribution in [1.82, 2.24) is 15.3 Å². The number of rotatable bonds is 10. The van der Waals surface area contributed by atoms with Crippen LogP contribution in [0.1, 0.15) is 102 Å². The molecule has 16 nitrogen and oxygen atoms in total. The second kappa shape index (κ2) is 18.7. The predicted molar refractivity (Wildman–Crippen MR) is 209 cm³/mol. The molecule has 4 rings (SSSR count). The van der Waals surface area contributed by atoms with Crippen LogP contribution >= 0.6 is 0 Å². The zero-order valence-corrected chi connectivity index (χ0v) is 37.0. The van der Waals surface area contributed by atoms with E-state index in [9.17, 15) is 24.6 Å². The van der Waals surface area contributed by atoms with Gasteiger partial charge in [-0.3, -0.25) is 9.59 Å². The molecule has 18 atom stereocenters. The van der Waals surface area contributed by atoms with Gasteiger partial charge in [0, 0.05) is 51.0 Å². The van der Waals surface area contributed by atoms with Crippen LogP contribution in [0.5, 0.6) is 0 Å². The lowest BCUT2D eigenvalue weighted by Gasteiger charge is -2.50. The number of likely N-dealkylation sites (N-methyl/N-ethyl adjacent to an activating group) is 1. The average molecular weight is 816 g/mol. The van der Waals surface area contributed by atoms with Crippen molar-refractivity contribution < 1.29 is 62.5 Å². The van der Waals surface area contributed by atoms with Crippen LogP contribution in [-0.4, -0.2) is 157 Å². The maximum Gasteiger partial charge on any atom is 0.425 e. The van der Waals surface area contributed by atoms with Gasteiger partial charge < -0.3 is 53.0 Å². The maximum absolute atomic E-state index is 14.7. The van der Waals surface area contributed by atoms with E-state index in [0.29, 0.717) is 13.0 Å². The van der Waals surface area contributed by atoms with Crippen molar-refractivity contribution >= 4 is 17.8 Å². The Bertz CT molecular complexity index is 1390. The van der Waals surface area contributed by atoms with Crippen LogP contribution in [0.15, 0.2) is 0 Å². The summed E-state index contributed by atoms with van der Waals surface area (Å²) in [4.78, 5) is 44.7. The summed E-state index contributed by atoms with van der Waals surface area (Å²) in [6.07, 6.45) is -7.40. The third-order valence-electron chi connectivity index (χ3n) is 13.4. The van der Waals surface area contributed by atoms with Crippen molar-refractivity contribution in [2.24, 2.45) is 23.7 Å². The number of nitrogens with one attached hydrogen (secondary N) is 1. The van der Waals surface area contributed by atoms with Crippen LogP contribution in [0.3, 0.4) is 0 Å². The number of carbonyl (C=O) groups is 3. The second-order valence-electron chi connectivity index (χ2n) is 17.8. The van der Waals surface area contributed by atoms with Crippen LogP contribution < -0.4 is 5.43 Å². The number of methoxy groups -OCH3 is 2. The number of aliphatic hydroxyl groups excluding tert-OH is 2. The Morgan fingerprint density at radius 3 is 2.09 bits per heavy atom. The molecule has 0 bridgehead atoms. The normalized spacial score (nSPS) is 46.7. The van der Waals surface area contributed by atoms with Gasteiger partial charge in [-0.2, -0.15) is 0 Å². The number of nitrogens with zero attached hydrogens (tertiary/aromatic N) is 2. The Hall–Kier alpha value is -1.99. The van der Waals surface area contributed by atoms with Crippen LogP contribution in [0.25, 0.3) is 0 Å². The number of ketones is 1. The number of Topliss-reactive ketones (excluding diaryl/α,β-unsaturated/α-hetero) is 1. The summed E-state index contributed by atoms with van der Waals surface area (Å²) in [5.74, 6) is -3.87. The minimum Gasteiger partial charge on any atom is -0.458 e. The van der Waals surface area contributed by atoms with E-state index < -0.39 is 108 Å². The van der Waals surface area contributed by atoms with Crippen LogP contribution in [0.2, 0.25) is 0 Å². The molecule has 1 amide bonds. The molecule has 0 aliphatic carbocycles. The monoisotopic (exact) mass is 816 g/mol. The summed E-state index contributed by atoms with van der Waals surface area (Å²) in [6, 6.07) is -1.12. The van der Waals surface area contributed by atoms with Gasteiger partial charge in [0.1, 0.15) is 30.1 Å². The molecule has 0 aromatic carbocycles. The Balaban J connectivity index is 1.90. The summed E-state index contributed by atoms with van der Waals surface area (Å²) in [7, 11) is 6.84. The topological polar surface area (TPSA) is 184 Å². The largest absolute Gasteiger partial charge is 0.458 e. The van der Waals surface area contributed by atoms with Crippen LogP contribution in [-0.2, 0) is 47.5 Å². The molecule has 0 spiro atoms. The Morgan fingerprint density at radius 2 is 1.53 bits per heavy atom. The lowest BCUT2D eigenvalue weighted by atomic mass is 9.73. The lowest BCUT2D eigenvalue weighted by Crippen LogP contribution is -2.62. The van der Waals surface area contributed by atoms with E-state index in [1.807, 2.05) is 60.5 Å². The van der Waals surface area contributed by atoms with Crippen molar-refractivity contribution in [2.45, 2.75) is 186 Å². The van der Waals surface area contributed by atoms with Crippen LogP contribution in [0, 0.1) is 23.7 Å². The van der Waals surface area contributed by atoms with Gasteiger partial charge in [0.05, 0.1) is 41.5 Å². The van der Waals surface area contributed by atoms with Crippen molar-refractivity contribution in [3.8, 4) is 0 Å². The number of fused-ring (bicyclic) bond motifs is 1. The fourth-order valence-electron chi connectivity index (χ4n) is 9.86. The molecule has 0 aromatic rings. The van der Waals surface area contributed by atoms with E-state index in [4.69, 9.17) is 37.9 Å². The van der Waals surface area contributed by atoms with Crippen LogP contribution in [0.4, 0.5) is 4.79 Å². The first-order valence-corrected chi connectivity index (χ1v) is 20.8. The number of cyclic esters (lactones) is 1. The van der Waals surface area contributed by atoms with Gasteiger partial charge in [-0.25, -0.2) is 15.2 Å². The maximum atomic E-state index is 14.7. The molecule has 4 aliphatic heterocycles. The van der Waals surface area contributed by atoms with E-state index in [-0.39, 0.29) is 37.2 Å². The molecule has 4 unspecified atom stereocenters. The molecule has 0 aromatic heterocycles. The average Bonchev–Trinajstić information content (AvgIpc) is 3.41. The highest BCUT2D eigenvalue weighted by atomic mass is 16.7. The quantitative estimate of drug-likeness (QED) is 0.273. The predicted octanol–water partition coefficient (Wildman–Crippen LogP) is 3.43. The number of hydrazine groups is 1. The molecule has 57 heavy (non-hydrogen) atoms. The van der Waals surface area contributed by atoms with Crippen molar-refractivity contribution in [1.29, 1.82) is 0 Å². The smallest absolute Gasteiger partial charge is 0.425 e. The highest BCUT2D eigenvalue weighted by Crippen LogP contribution is 2.44. The van der Waals surface area contributed by atoms with Gasteiger partial charge in [-0.1, -0.05) is 34.6 Å². The molecular formula is C41H73N3O13. The van der Waals surface area contributed by atoms with E-state index >= 15 is 0 Å². The van der Waals surface area contributed by atoms with E-state index in [1.165, 1.54) is 12.1 Å². The molecule has 16 heteroatoms. The number of hydrogen-bond donors (Lipinski definition) is 3. The highest BCUT2D eigenvalue weighted by molar-refractivity contribution is 5.85. The van der Waals surface area contributed by atoms with Crippen molar-refractivity contribution in [2.75, 3.05) is 34.9 Å². The molecule has 4 fully saturated rings. The standard InChI is InChI=1S/C41H73N3O13/c1-16-28-41(11)33(44(42-17-2)38(49)57-41)23(5)30(45)21(3)19-40(10,51-15)35(56-37-31(46)27(43(12)13)18-22(4)52-37)24(6)32(25(7)36(48)54-28)55-29-20-39(9,50-14)34(47)26(8)53-29/h21-29,31-35,37,42,46-47H,16-20H2,1-15H3/t21-,22-,23+,24+,25-,26?,27+,28-,29?,31-,32+,33-,34?,35-,37+,39?,40-,41-/m1/s1. The van der Waals surface area contributed by atoms with Crippen molar-refractivity contribution in [3.05, 3.63) is 0 Å². The minimum atomic E-state index is -1.41. The third kappa shape index (κ3) is 9.50. The van der Waals surface area contributed by atoms with Gasteiger partial charge in [-0.05, 0) is 74.9 Å². The molecule has 4 heterocycles. The summed E-state index contributed by atoms with van der Waals surface area (Å²) < 4.78 is 50.9. The fourth-order valence-corrected chi connectivity index (χ4v) is 9.86. The molecular weight excluding hydrogens is 742 g/mol. The number of esters is 1. The van der Waals surface area contributed by atoms with Gasteiger partial charge in [0.15, 0.2) is 18.2 Å². The van der Waals surface area contributed by atoms with Gasteiger partial charge in [0.2, 0.25) is 0 Å². The summed E-state index contributed by atoms with van der Waals surface area (Å²) >= 11 is 0. The summed E-state index contributed by atoms with van der Waals surface area (Å²) in [5.41, 5.74) is -0.599. The van der Waals surface area contributed by atoms with E-state index in [0.717, 1.165) is 0 Å². The Kier molecular flexibility index (Phi) is 15.7. The molecule has 3 N–H and O–H groups in total. The molecule has 4 aliphatic rings. The summed E-state index contributed by atoms with van der Waals surface area (Å²) in [5, 5.41) is 24.1. The lowest BCUT2D eigenvalue weighted by molar-refractivity contribution is -0.319. The summed E-state index contributed by atoms with van der Waals surface area (Å²) in [6.45, 7) is 20.2. The zero-order valence-electron chi connectivity index (χ0n) is 37.0. The third-order valence-corrected chi connectivity index (χ3v) is 13.4. The van der Waals surface area contributed by atoms with Gasteiger partial charge in [-0.15, -0.1) is 0 Å². The van der Waals surface area contributed by atoms with Gasteiger partial charge in [0.25, 0.3) is 0 Å². The fraction of sp³-hybridized carbons (Fsp3) is 0.927. The Labute approximate surface area is 339 Å². The second-order valence-corrected chi connectivity index (χ2v) is 17.8. The number of carbonyl (C=O) groups excluding carboxylic acids is 3. The molecule has 0 radical (unpaired) electrons. The first kappa shape index (κ1) is 47.7. The first-order chi connectivity index (χ1) is 26.5. The minimum absolute atomic E-state index is 0.135. The van der Waals surface area contributed by atoms with E-state index in [1.54, 1.807) is 41.7 Å². The first-order valence-electron chi connectivity index (χ1n) is 20.8. The number of aliphatic hydroxyl groups is 2. The van der Waals surface area contributed by atoms with Gasteiger partial charge >= 0.3 is 12.1 Å². The number of hydrogen-bond acceptors (Lipinski definition) is 15. The SMILES string of the molecule is CCNN1C(=O)O[C@]2(C)[C@@H](CC)OC(=O)[C@H](C)[C@@H](OC3CC(C)(OC)C(O)C(C)O3)[C@H](C)[C@@H](O[C@@H]3O[C@H](C)C[C@H](N(C)C)[C@H]3O)[C@](C)(OC)C[C@@H](C)C(=O)[C@H](C)[C@@H]12. The molecule has 0 saturated carbocycles. The number of amides is 1. The Morgan fingerprint density at radius 1 is 0.895 bits per heavy atom. The zero-order chi connectivity index (χ0) is 42.9. The molecule has 4 saturated heterocycles. The highest BCUT2D eigenvalue weighted by Gasteiger charge is 2.61.